The van der Waals surface area contributed by atoms with Gasteiger partial charge < -0.3 is 51.8 Å². The Balaban J connectivity index is -0.0000000494. The van der Waals surface area contributed by atoms with Crippen LogP contribution in [0.3, 0.4) is 0 Å². The molecule has 0 rings (SSSR count). The average molecular weight is 338 g/mol. The number of alkyl halides is 3. The van der Waals surface area contributed by atoms with Gasteiger partial charge >= 0.3 is 47.3 Å². The minimum absolute atomic E-state index is 0. The van der Waals surface area contributed by atoms with Crippen molar-refractivity contribution in [3.8, 4) is 0 Å². The Morgan fingerprint density at radius 1 is 0.400 bits per heavy atom. The van der Waals surface area contributed by atoms with Crippen LogP contribution in [0.2, 0.25) is 0 Å². The third-order valence-corrected chi connectivity index (χ3v) is 0. The van der Waals surface area contributed by atoms with Crippen LogP contribution in [0.25, 0.3) is 0 Å². The molecule has 0 fully saturated rings. The van der Waals surface area contributed by atoms with Gasteiger partial charge in [0.05, 0.1) is 0 Å². The van der Waals surface area contributed by atoms with Gasteiger partial charge in [0.25, 0.3) is 0 Å². The summed E-state index contributed by atoms with van der Waals surface area (Å²) in [7, 11) is -18.0. The van der Waals surface area contributed by atoms with E-state index in [-0.39, 0.29) is 18.9 Å². The van der Waals surface area contributed by atoms with Crippen LogP contribution < -0.4 is 0 Å². The summed E-state index contributed by atoms with van der Waals surface area (Å²) in [5, 5.41) is 0. The van der Waals surface area contributed by atoms with Gasteiger partial charge in [0, 0.05) is 0 Å². The molecule has 0 N–H and O–H groups in total. The fourth-order valence-corrected chi connectivity index (χ4v) is 0. The van der Waals surface area contributed by atoms with Crippen LogP contribution in [0.4, 0.5) is 65.0 Å². The number of hydrogen-bond acceptors (Lipinski definition) is 0. The summed E-state index contributed by atoms with van der Waals surface area (Å²) in [5.74, 6) is 0. The Kier molecular flexibility index (Phi) is 21.9. The van der Waals surface area contributed by atoms with E-state index in [1.54, 1.807) is 0 Å². The topological polar surface area (TPSA) is 0 Å². The van der Waals surface area contributed by atoms with Crippen LogP contribution >= 0.6 is 0 Å². The first kappa shape index (κ1) is 31.9. The van der Waals surface area contributed by atoms with E-state index in [4.69, 9.17) is 0 Å². The second-order valence-electron chi connectivity index (χ2n) is 1.73. The van der Waals surface area contributed by atoms with Crippen molar-refractivity contribution < 1.29 is 65.0 Å². The van der Waals surface area contributed by atoms with Crippen LogP contribution in [-0.2, 0) is 0 Å². The second kappa shape index (κ2) is 13.7. The molecule has 0 atom stereocenters. The first-order chi connectivity index (χ1) is 7.73. The summed E-state index contributed by atoms with van der Waals surface area (Å²) >= 11 is 0. The number of hydrogen-bond donors (Lipinski definition) is 0. The van der Waals surface area contributed by atoms with Gasteiger partial charge in [0.2, 0.25) is 0 Å². The summed E-state index contributed by atoms with van der Waals surface area (Å²) in [4.78, 5) is 0. The molecule has 0 radical (unpaired) electrons. The predicted octanol–water partition coefficient (Wildman–Crippen LogP) is 4.43. The van der Waals surface area contributed by atoms with E-state index in [1.807, 2.05) is 0 Å². The molecule has 0 aromatic carbocycles. The van der Waals surface area contributed by atoms with E-state index in [0.29, 0.717) is 0 Å². The van der Waals surface area contributed by atoms with Crippen LogP contribution in [-0.4, -0.2) is 47.3 Å². The predicted molar refractivity (Wildman–Crippen MR) is 44.8 cm³/mol. The van der Waals surface area contributed by atoms with Gasteiger partial charge in [-0.1, -0.05) is 0 Å². The summed E-state index contributed by atoms with van der Waals surface area (Å²) in [6.07, 6.45) is 0. The summed E-state index contributed by atoms with van der Waals surface area (Å²) < 4.78 is 146. The average Bonchev–Trinajstić information content (AvgIpc) is 1.66. The van der Waals surface area contributed by atoms with Crippen molar-refractivity contribution >= 4 is 40.6 Å². The van der Waals surface area contributed by atoms with Crippen molar-refractivity contribution in [2.75, 3.05) is 0 Å². The van der Waals surface area contributed by atoms with Crippen LogP contribution in [0, 0.1) is 0 Å². The Morgan fingerprint density at radius 3 is 0.400 bits per heavy atom. The molecular weight excluding hydrogens is 336 g/mol. The van der Waals surface area contributed by atoms with E-state index in [0.717, 1.165) is 0 Å². The molecule has 0 aromatic rings. The first-order valence-corrected chi connectivity index (χ1v) is 3.27. The Hall–Kier alpha value is -0.258. The second-order valence-corrected chi connectivity index (χ2v) is 1.73. The number of halogens is 15. The molecule has 19 heteroatoms. The van der Waals surface area contributed by atoms with Gasteiger partial charge in [-0.15, -0.1) is 0 Å². The molecule has 0 heterocycles. The summed E-state index contributed by atoms with van der Waals surface area (Å²) in [6.45, 7) is -3.67. The van der Waals surface area contributed by atoms with Gasteiger partial charge in [-0.25, -0.2) is 0 Å². The maximum atomic E-state index is 9.75. The van der Waals surface area contributed by atoms with Crippen molar-refractivity contribution in [1.82, 2.24) is 0 Å². The number of rotatable bonds is 0. The third kappa shape index (κ3) is 74800. The molecule has 0 saturated carbocycles. The molecule has 20 heavy (non-hydrogen) atoms. The molecule has 0 aromatic heterocycles. The van der Waals surface area contributed by atoms with E-state index in [9.17, 15) is 65.0 Å². The van der Waals surface area contributed by atoms with Gasteiger partial charge in [-0.3, -0.25) is 0 Å². The minimum atomic E-state index is -6.00. The van der Waals surface area contributed by atoms with Crippen molar-refractivity contribution in [1.29, 1.82) is 0 Å². The first-order valence-electron chi connectivity index (χ1n) is 3.27. The van der Waals surface area contributed by atoms with E-state index in [2.05, 4.69) is 0 Å². The van der Waals surface area contributed by atoms with Crippen LogP contribution in [0.5, 0.6) is 0 Å². The SMILES string of the molecule is FC(F)F.F[B-](F)(F)F.F[B-](F)(F)F.F[B-](F)(F)F.[LiH]. The van der Waals surface area contributed by atoms with Crippen LogP contribution in [0.15, 0.2) is 0 Å². The third-order valence-electron chi connectivity index (χ3n) is 0. The fraction of sp³-hybridized carbons (Fsp3) is 1.00. The van der Waals surface area contributed by atoms with Crippen molar-refractivity contribution in [2.45, 2.75) is 6.68 Å². The summed E-state index contributed by atoms with van der Waals surface area (Å²) in [5.41, 5.74) is 0. The molecule has 0 aliphatic carbocycles. The van der Waals surface area contributed by atoms with Crippen molar-refractivity contribution in [3.05, 3.63) is 0 Å². The zero-order valence-electron chi connectivity index (χ0n) is 7.98. The van der Waals surface area contributed by atoms with Gasteiger partial charge in [0.1, 0.15) is 0 Å². The molecule has 0 unspecified atom stereocenters. The zero-order chi connectivity index (χ0) is 17.1. The monoisotopic (exact) mass is 339 g/mol. The van der Waals surface area contributed by atoms with Gasteiger partial charge in [-0.05, 0) is 0 Å². The molecule has 0 aliphatic heterocycles. The van der Waals surface area contributed by atoms with E-state index < -0.39 is 28.4 Å². The normalized spacial score (nSPS) is 10.8. The molecular formula is CH2B3F15Li-3. The van der Waals surface area contributed by atoms with E-state index in [1.165, 1.54) is 0 Å². The molecule has 124 valence electrons. The molecule has 0 spiro atoms. The van der Waals surface area contributed by atoms with Crippen molar-refractivity contribution in [2.24, 2.45) is 0 Å². The fourth-order valence-electron chi connectivity index (χ4n) is 0. The quantitative estimate of drug-likeness (QED) is 0.453. The molecule has 0 aliphatic rings. The summed E-state index contributed by atoms with van der Waals surface area (Å²) in [6, 6.07) is 0. The van der Waals surface area contributed by atoms with Gasteiger partial charge in [-0.2, -0.15) is 13.2 Å². The Bertz CT molecular complexity index is 128. The standard InChI is InChI=1S/CHF3.3BF4.Li.H/c2-1(3)4;3*2-1(3,4)5;;/h1H;;;;;/q;3*-1;;. The maximum absolute atomic E-state index is 9.75. The molecule has 0 nitrogen and oxygen atoms in total. The Labute approximate surface area is 113 Å². The van der Waals surface area contributed by atoms with E-state index >= 15 is 0 Å². The molecule has 0 amide bonds. The van der Waals surface area contributed by atoms with Crippen LogP contribution in [0.1, 0.15) is 0 Å². The molecule has 0 bridgehead atoms. The molecule has 0 saturated heterocycles. The van der Waals surface area contributed by atoms with Gasteiger partial charge in [0.15, 0.2) is 0 Å². The zero-order valence-corrected chi connectivity index (χ0v) is 7.98. The van der Waals surface area contributed by atoms with Crippen molar-refractivity contribution in [3.63, 3.8) is 0 Å². The Morgan fingerprint density at radius 2 is 0.400 bits per heavy atom.